The highest BCUT2D eigenvalue weighted by molar-refractivity contribution is 9.10. The van der Waals surface area contributed by atoms with Gasteiger partial charge >= 0.3 is 0 Å². The Morgan fingerprint density at radius 1 is 1.37 bits per heavy atom. The van der Waals surface area contributed by atoms with Gasteiger partial charge in [0, 0.05) is 10.0 Å². The highest BCUT2D eigenvalue weighted by Gasteiger charge is 2.09. The van der Waals surface area contributed by atoms with Crippen molar-refractivity contribution in [3.63, 3.8) is 0 Å². The van der Waals surface area contributed by atoms with Crippen LogP contribution in [-0.2, 0) is 13.2 Å². The minimum atomic E-state index is 0.445. The van der Waals surface area contributed by atoms with Gasteiger partial charge in [-0.3, -0.25) is 0 Å². The summed E-state index contributed by atoms with van der Waals surface area (Å²) in [6, 6.07) is 7.55. The number of hydrogen-bond donors (Lipinski definition) is 1. The Kier molecular flexibility index (Phi) is 4.91. The molecule has 1 aromatic carbocycles. The van der Waals surface area contributed by atoms with Gasteiger partial charge in [-0.1, -0.05) is 27.5 Å². The van der Waals surface area contributed by atoms with Gasteiger partial charge in [-0.2, -0.15) is 0 Å². The molecule has 5 heteroatoms. The van der Waals surface area contributed by atoms with E-state index in [0.29, 0.717) is 23.9 Å². The van der Waals surface area contributed by atoms with Crippen molar-refractivity contribution >= 4 is 27.5 Å². The first-order valence-corrected chi connectivity index (χ1v) is 7.08. The lowest BCUT2D eigenvalue weighted by molar-refractivity contribution is 0.303. The number of nitrogens with one attached hydrogen (secondary N) is 1. The van der Waals surface area contributed by atoms with Crippen LogP contribution in [0.15, 0.2) is 33.2 Å². The molecule has 0 aliphatic heterocycles. The van der Waals surface area contributed by atoms with E-state index in [1.807, 2.05) is 38.2 Å². The lowest BCUT2D eigenvalue weighted by Gasteiger charge is -2.07. The fourth-order valence-corrected chi connectivity index (χ4v) is 2.47. The van der Waals surface area contributed by atoms with Crippen molar-refractivity contribution in [2.45, 2.75) is 20.1 Å². The number of rotatable bonds is 5. The van der Waals surface area contributed by atoms with E-state index in [1.165, 1.54) is 0 Å². The van der Waals surface area contributed by atoms with Crippen LogP contribution < -0.4 is 10.1 Å². The maximum absolute atomic E-state index is 6.10. The van der Waals surface area contributed by atoms with Gasteiger partial charge in [0.25, 0.3) is 0 Å². The first-order chi connectivity index (χ1) is 9.10. The number of ether oxygens (including phenoxy) is 1. The SMILES string of the molecule is CNCc1cc(COc2ccc(Br)cc2Cl)c(C)o1. The molecule has 1 heterocycles. The quantitative estimate of drug-likeness (QED) is 0.878. The van der Waals surface area contributed by atoms with Crippen LogP contribution in [0.3, 0.4) is 0 Å². The van der Waals surface area contributed by atoms with Gasteiger partial charge in [0.05, 0.1) is 11.6 Å². The van der Waals surface area contributed by atoms with Crippen molar-refractivity contribution in [2.75, 3.05) is 7.05 Å². The van der Waals surface area contributed by atoms with Gasteiger partial charge in [0.1, 0.15) is 23.9 Å². The molecular weight excluding hydrogens is 330 g/mol. The average Bonchev–Trinajstić information content (AvgIpc) is 2.69. The van der Waals surface area contributed by atoms with Crippen molar-refractivity contribution in [3.8, 4) is 5.75 Å². The van der Waals surface area contributed by atoms with E-state index in [2.05, 4.69) is 21.2 Å². The molecule has 2 rings (SSSR count). The fourth-order valence-electron chi connectivity index (χ4n) is 1.74. The Labute approximate surface area is 126 Å². The Hall–Kier alpha value is -0.970. The third-order valence-corrected chi connectivity index (χ3v) is 3.49. The predicted molar refractivity (Wildman–Crippen MR) is 79.7 cm³/mol. The number of hydrogen-bond acceptors (Lipinski definition) is 3. The maximum Gasteiger partial charge on any atom is 0.138 e. The number of halogens is 2. The van der Waals surface area contributed by atoms with Gasteiger partial charge in [0.15, 0.2) is 0 Å². The fraction of sp³-hybridized carbons (Fsp3) is 0.286. The van der Waals surface area contributed by atoms with E-state index in [-0.39, 0.29) is 0 Å². The molecule has 1 N–H and O–H groups in total. The largest absolute Gasteiger partial charge is 0.487 e. The Bertz CT molecular complexity index is 569. The number of benzene rings is 1. The molecule has 0 atom stereocenters. The topological polar surface area (TPSA) is 34.4 Å². The van der Waals surface area contributed by atoms with E-state index < -0.39 is 0 Å². The van der Waals surface area contributed by atoms with E-state index in [4.69, 9.17) is 20.8 Å². The van der Waals surface area contributed by atoms with E-state index >= 15 is 0 Å². The van der Waals surface area contributed by atoms with Crippen LogP contribution in [0, 0.1) is 6.92 Å². The molecule has 0 fully saturated rings. The van der Waals surface area contributed by atoms with Crippen molar-refractivity contribution in [1.29, 1.82) is 0 Å². The van der Waals surface area contributed by atoms with Crippen LogP contribution in [0.4, 0.5) is 0 Å². The molecule has 0 unspecified atom stereocenters. The smallest absolute Gasteiger partial charge is 0.138 e. The van der Waals surface area contributed by atoms with E-state index in [9.17, 15) is 0 Å². The summed E-state index contributed by atoms with van der Waals surface area (Å²) in [6.07, 6.45) is 0. The molecule has 0 saturated carbocycles. The first-order valence-electron chi connectivity index (χ1n) is 5.91. The molecule has 0 saturated heterocycles. The standard InChI is InChI=1S/C14H15BrClNO2/c1-9-10(5-12(19-9)7-17-2)8-18-14-4-3-11(15)6-13(14)16/h3-6,17H,7-8H2,1-2H3. The van der Waals surface area contributed by atoms with Crippen molar-refractivity contribution in [2.24, 2.45) is 0 Å². The Morgan fingerprint density at radius 3 is 2.84 bits per heavy atom. The summed E-state index contributed by atoms with van der Waals surface area (Å²) in [6.45, 7) is 3.08. The van der Waals surface area contributed by atoms with Crippen LogP contribution in [0.5, 0.6) is 5.75 Å². The molecule has 0 radical (unpaired) electrons. The average molecular weight is 345 g/mol. The number of furan rings is 1. The second-order valence-electron chi connectivity index (χ2n) is 4.19. The van der Waals surface area contributed by atoms with Crippen LogP contribution in [-0.4, -0.2) is 7.05 Å². The van der Waals surface area contributed by atoms with Crippen LogP contribution >= 0.6 is 27.5 Å². The van der Waals surface area contributed by atoms with Gasteiger partial charge in [-0.15, -0.1) is 0 Å². The monoisotopic (exact) mass is 343 g/mol. The molecule has 0 amide bonds. The minimum Gasteiger partial charge on any atom is -0.487 e. The Balaban J connectivity index is 2.05. The third-order valence-electron chi connectivity index (χ3n) is 2.70. The summed E-state index contributed by atoms with van der Waals surface area (Å²) < 4.78 is 12.3. The van der Waals surface area contributed by atoms with Crippen LogP contribution in [0.1, 0.15) is 17.1 Å². The lowest BCUT2D eigenvalue weighted by Crippen LogP contribution is -2.03. The zero-order chi connectivity index (χ0) is 13.8. The highest BCUT2D eigenvalue weighted by atomic mass is 79.9. The van der Waals surface area contributed by atoms with Crippen LogP contribution in [0.25, 0.3) is 0 Å². The summed E-state index contributed by atoms with van der Waals surface area (Å²) in [4.78, 5) is 0. The van der Waals surface area contributed by atoms with Crippen LogP contribution in [0.2, 0.25) is 5.02 Å². The molecule has 0 aliphatic carbocycles. The van der Waals surface area contributed by atoms with Crippen molar-refractivity contribution in [3.05, 3.63) is 50.8 Å². The second-order valence-corrected chi connectivity index (χ2v) is 5.51. The van der Waals surface area contributed by atoms with Gasteiger partial charge in [-0.05, 0) is 38.2 Å². The third kappa shape index (κ3) is 3.75. The minimum absolute atomic E-state index is 0.445. The first kappa shape index (κ1) is 14.4. The normalized spacial score (nSPS) is 10.7. The molecule has 2 aromatic rings. The molecule has 0 spiro atoms. The summed E-state index contributed by atoms with van der Waals surface area (Å²) in [7, 11) is 1.88. The van der Waals surface area contributed by atoms with Crippen molar-refractivity contribution in [1.82, 2.24) is 5.32 Å². The molecule has 1 aromatic heterocycles. The highest BCUT2D eigenvalue weighted by Crippen LogP contribution is 2.28. The van der Waals surface area contributed by atoms with Crippen molar-refractivity contribution < 1.29 is 9.15 Å². The lowest BCUT2D eigenvalue weighted by atomic mass is 10.2. The molecule has 19 heavy (non-hydrogen) atoms. The molecule has 0 bridgehead atoms. The summed E-state index contributed by atoms with van der Waals surface area (Å²) in [5.41, 5.74) is 1.03. The molecule has 0 aliphatic rings. The van der Waals surface area contributed by atoms with E-state index in [0.717, 1.165) is 21.6 Å². The number of aryl methyl sites for hydroxylation is 1. The Morgan fingerprint density at radius 2 is 2.16 bits per heavy atom. The maximum atomic E-state index is 6.10. The van der Waals surface area contributed by atoms with Gasteiger partial charge < -0.3 is 14.5 Å². The molecule has 102 valence electrons. The molecular formula is C14H15BrClNO2. The summed E-state index contributed by atoms with van der Waals surface area (Å²) in [5, 5.41) is 3.64. The summed E-state index contributed by atoms with van der Waals surface area (Å²) >= 11 is 9.46. The predicted octanol–water partition coefficient (Wildman–Crippen LogP) is 4.30. The zero-order valence-corrected chi connectivity index (χ0v) is 13.1. The molecule has 3 nitrogen and oxygen atoms in total. The van der Waals surface area contributed by atoms with Gasteiger partial charge in [-0.25, -0.2) is 0 Å². The second kappa shape index (κ2) is 6.46. The zero-order valence-electron chi connectivity index (χ0n) is 10.8. The van der Waals surface area contributed by atoms with E-state index in [1.54, 1.807) is 0 Å². The summed E-state index contributed by atoms with van der Waals surface area (Å²) in [5.74, 6) is 2.44. The van der Waals surface area contributed by atoms with Gasteiger partial charge in [0.2, 0.25) is 0 Å².